The third kappa shape index (κ3) is 2.72. The summed E-state index contributed by atoms with van der Waals surface area (Å²) in [7, 11) is 0. The van der Waals surface area contributed by atoms with Crippen molar-refractivity contribution in [2.45, 2.75) is 13.1 Å². The molecule has 0 unspecified atom stereocenters. The van der Waals surface area contributed by atoms with E-state index in [4.69, 9.17) is 46.4 Å². The van der Waals surface area contributed by atoms with Crippen LogP contribution in [-0.2, 0) is 6.18 Å². The summed E-state index contributed by atoms with van der Waals surface area (Å²) in [6, 6.07) is 6.75. The van der Waals surface area contributed by atoms with E-state index in [-0.39, 0.29) is 21.1 Å². The predicted molar refractivity (Wildman–Crippen MR) is 135 cm³/mol. The molecule has 0 N–H and O–H groups in total. The van der Waals surface area contributed by atoms with Gasteiger partial charge >= 0.3 is 6.18 Å². The largest absolute Gasteiger partial charge is 0.451 e. The van der Waals surface area contributed by atoms with E-state index in [2.05, 4.69) is 19.9 Å². The van der Waals surface area contributed by atoms with Gasteiger partial charge in [0.2, 0.25) is 5.82 Å². The van der Waals surface area contributed by atoms with Crippen LogP contribution in [0.1, 0.15) is 11.6 Å². The van der Waals surface area contributed by atoms with Gasteiger partial charge in [-0.3, -0.25) is 0 Å². The number of hydrogen-bond acceptors (Lipinski definition) is 4. The minimum Gasteiger partial charge on any atom is -0.232 e. The number of rotatable bonds is 0. The van der Waals surface area contributed by atoms with Gasteiger partial charge in [-0.2, -0.15) is 13.2 Å². The summed E-state index contributed by atoms with van der Waals surface area (Å²) >= 11 is 26.4. The zero-order chi connectivity index (χ0) is 24.5. The van der Waals surface area contributed by atoms with Gasteiger partial charge in [-0.25, -0.2) is 19.9 Å². The molecule has 0 bridgehead atoms. The van der Waals surface area contributed by atoms with E-state index >= 15 is 0 Å². The van der Waals surface area contributed by atoms with Crippen molar-refractivity contribution in [3.8, 4) is 0 Å². The Morgan fingerprint density at radius 2 is 0.857 bits per heavy atom. The molecule has 0 atom stereocenters. The summed E-state index contributed by atoms with van der Waals surface area (Å²) < 4.78 is 40.6. The Labute approximate surface area is 213 Å². The Morgan fingerprint density at radius 3 is 1.17 bits per heavy atom. The fourth-order valence-corrected chi connectivity index (χ4v) is 6.06. The molecule has 0 fully saturated rings. The van der Waals surface area contributed by atoms with Crippen molar-refractivity contribution in [2.24, 2.45) is 0 Å². The van der Waals surface area contributed by atoms with Crippen LogP contribution in [0.4, 0.5) is 13.2 Å². The van der Waals surface area contributed by atoms with Crippen LogP contribution in [0.3, 0.4) is 0 Å². The van der Waals surface area contributed by atoms with Crippen LogP contribution in [0.2, 0.25) is 20.1 Å². The minimum atomic E-state index is -4.77. The first kappa shape index (κ1) is 21.6. The fourth-order valence-electron chi connectivity index (χ4n) is 5.07. The summed E-state index contributed by atoms with van der Waals surface area (Å²) in [4.78, 5) is 16.6. The molecule has 7 rings (SSSR count). The molecule has 4 nitrogen and oxygen atoms in total. The summed E-state index contributed by atoms with van der Waals surface area (Å²) in [6.45, 7) is 1.76. The van der Waals surface area contributed by atoms with E-state index in [1.54, 1.807) is 31.2 Å². The minimum absolute atomic E-state index is 0.0343. The smallest absolute Gasteiger partial charge is 0.232 e. The van der Waals surface area contributed by atoms with Crippen molar-refractivity contribution in [1.29, 1.82) is 0 Å². The summed E-state index contributed by atoms with van der Waals surface area (Å²) in [5.41, 5.74) is 1.04. The zero-order valence-electron chi connectivity index (χ0n) is 17.2. The lowest BCUT2D eigenvalue weighted by Gasteiger charge is -2.20. The first-order valence-electron chi connectivity index (χ1n) is 10.2. The number of hydrogen-bond donors (Lipinski definition) is 0. The number of fused-ring (bicyclic) bond motifs is 2. The average Bonchev–Trinajstić information content (AvgIpc) is 2.79. The normalized spacial score (nSPS) is 13.1. The number of benzene rings is 5. The standard InChI is InChI=1S/C24H7Cl4F3N4/c1-6-32-19-11(25)2-7-9-4-13(27)21-18-16(9)10(8-3-12(26)20(33-6)17(19)15(7)8)5-14(28)22(18)35-23(34-21)24(29,30)31/h2-5H,1H3. The highest BCUT2D eigenvalue weighted by Crippen LogP contribution is 2.50. The molecule has 0 aliphatic rings. The van der Waals surface area contributed by atoms with Gasteiger partial charge in [0.25, 0.3) is 0 Å². The van der Waals surface area contributed by atoms with Gasteiger partial charge in [-0.15, -0.1) is 0 Å². The molecule has 0 saturated heterocycles. The molecule has 5 aromatic carbocycles. The second kappa shape index (κ2) is 6.73. The number of aryl methyl sites for hydroxylation is 1. The number of nitrogens with zero attached hydrogens (tertiary/aromatic N) is 4. The van der Waals surface area contributed by atoms with E-state index in [0.717, 1.165) is 16.2 Å². The van der Waals surface area contributed by atoms with Gasteiger partial charge in [0, 0.05) is 21.5 Å². The maximum atomic E-state index is 13.5. The van der Waals surface area contributed by atoms with Crippen molar-refractivity contribution in [3.63, 3.8) is 0 Å². The monoisotopic (exact) mass is 548 g/mol. The maximum absolute atomic E-state index is 13.5. The van der Waals surface area contributed by atoms with E-state index in [9.17, 15) is 13.2 Å². The van der Waals surface area contributed by atoms with Crippen LogP contribution < -0.4 is 0 Å². The van der Waals surface area contributed by atoms with Gasteiger partial charge in [-0.05, 0) is 52.7 Å². The van der Waals surface area contributed by atoms with Gasteiger partial charge in [0.05, 0.1) is 42.2 Å². The molecule has 11 heteroatoms. The lowest BCUT2D eigenvalue weighted by atomic mass is 9.88. The third-order valence-electron chi connectivity index (χ3n) is 6.33. The molecule has 0 aliphatic heterocycles. The second-order valence-electron chi connectivity index (χ2n) is 8.33. The van der Waals surface area contributed by atoms with E-state index in [1.165, 1.54) is 0 Å². The molecule has 0 radical (unpaired) electrons. The van der Waals surface area contributed by atoms with Crippen molar-refractivity contribution < 1.29 is 13.2 Å². The van der Waals surface area contributed by atoms with Gasteiger partial charge in [0.15, 0.2) is 0 Å². The molecule has 0 saturated carbocycles. The molecule has 0 aliphatic carbocycles. The van der Waals surface area contributed by atoms with Crippen molar-refractivity contribution >= 4 is 112 Å². The number of alkyl halides is 3. The summed E-state index contributed by atoms with van der Waals surface area (Å²) in [5.74, 6) is -0.794. The predicted octanol–water partition coefficient (Wildman–Crippen LogP) is 9.00. The third-order valence-corrected chi connectivity index (χ3v) is 7.48. The molecular weight excluding hydrogens is 543 g/mol. The number of aromatic nitrogens is 4. The molecule has 2 heterocycles. The molecule has 172 valence electrons. The average molecular weight is 550 g/mol. The highest BCUT2D eigenvalue weighted by molar-refractivity contribution is 6.50. The van der Waals surface area contributed by atoms with E-state index < -0.39 is 12.0 Å². The molecule has 0 spiro atoms. The van der Waals surface area contributed by atoms with Gasteiger partial charge in [-0.1, -0.05) is 46.4 Å². The maximum Gasteiger partial charge on any atom is 0.451 e. The first-order valence-corrected chi connectivity index (χ1v) is 11.7. The van der Waals surface area contributed by atoms with Crippen LogP contribution in [0, 0.1) is 6.92 Å². The van der Waals surface area contributed by atoms with Crippen molar-refractivity contribution in [3.05, 3.63) is 56.0 Å². The first-order chi connectivity index (χ1) is 16.5. The quantitative estimate of drug-likeness (QED) is 0.140. The Kier molecular flexibility index (Phi) is 4.15. The van der Waals surface area contributed by atoms with Crippen LogP contribution >= 0.6 is 46.4 Å². The SMILES string of the molecule is Cc1nc2c(Cl)cc3c4cc(Cl)c5nc(C(F)(F)F)nc6c(Cl)cc(c7cc(Cl)c(n1)c2c37)c4c56. The molecule has 0 amide bonds. The molecule has 2 aromatic heterocycles. The van der Waals surface area contributed by atoms with E-state index in [1.807, 2.05) is 0 Å². The molecule has 35 heavy (non-hydrogen) atoms. The zero-order valence-corrected chi connectivity index (χ0v) is 20.3. The van der Waals surface area contributed by atoms with Gasteiger partial charge < -0.3 is 0 Å². The highest BCUT2D eigenvalue weighted by Gasteiger charge is 2.36. The van der Waals surface area contributed by atoms with Crippen molar-refractivity contribution in [1.82, 2.24) is 19.9 Å². The Hall–Kier alpha value is -2.71. The summed E-state index contributed by atoms with van der Waals surface area (Å²) in [5, 5.41) is 6.09. The van der Waals surface area contributed by atoms with Crippen LogP contribution in [0.5, 0.6) is 0 Å². The van der Waals surface area contributed by atoms with Crippen molar-refractivity contribution in [2.75, 3.05) is 0 Å². The molecule has 7 aromatic rings. The Balaban J connectivity index is 1.85. The van der Waals surface area contributed by atoms with E-state index in [0.29, 0.717) is 53.8 Å². The fraction of sp³-hybridized carbons (Fsp3) is 0.0833. The highest BCUT2D eigenvalue weighted by atomic mass is 35.5. The Morgan fingerprint density at radius 1 is 0.543 bits per heavy atom. The summed E-state index contributed by atoms with van der Waals surface area (Å²) in [6.07, 6.45) is -4.77. The van der Waals surface area contributed by atoms with Crippen LogP contribution in [0.15, 0.2) is 24.3 Å². The van der Waals surface area contributed by atoms with Crippen LogP contribution in [0.25, 0.3) is 65.2 Å². The number of halogens is 7. The lowest BCUT2D eigenvalue weighted by molar-refractivity contribution is -0.144. The Bertz CT molecular complexity index is 1930. The molecular formula is C24H7Cl4F3N4. The second-order valence-corrected chi connectivity index (χ2v) is 9.96. The lowest BCUT2D eigenvalue weighted by Crippen LogP contribution is -2.11. The van der Waals surface area contributed by atoms with Gasteiger partial charge in [0.1, 0.15) is 5.82 Å². The topological polar surface area (TPSA) is 51.6 Å². The van der Waals surface area contributed by atoms with Crippen LogP contribution in [-0.4, -0.2) is 19.9 Å².